The van der Waals surface area contributed by atoms with Gasteiger partial charge in [0.05, 0.1) is 6.61 Å². The van der Waals surface area contributed by atoms with E-state index < -0.39 is 0 Å². The minimum atomic E-state index is 0.158. The van der Waals surface area contributed by atoms with Crippen LogP contribution in [-0.2, 0) is 4.79 Å². The second-order valence-corrected chi connectivity index (χ2v) is 6.04. The summed E-state index contributed by atoms with van der Waals surface area (Å²) in [7, 11) is 0. The van der Waals surface area contributed by atoms with Gasteiger partial charge < -0.3 is 9.64 Å². The lowest BCUT2D eigenvalue weighted by Crippen LogP contribution is -2.37. The van der Waals surface area contributed by atoms with Gasteiger partial charge in [-0.25, -0.2) is 0 Å². The number of hydrogen-bond acceptors (Lipinski definition) is 3. The Morgan fingerprint density at radius 3 is 2.57 bits per heavy atom. The standard InChI is InChI=1S/C17H26N2O2/c1-14(2)18-9-10-19(15(3)20)12-16(11-18)13-21-17-7-5-4-6-8-17/h4-8,14,16H,9-13H2,1-3H3/t16-/m1/s1. The van der Waals surface area contributed by atoms with E-state index in [0.717, 1.165) is 31.9 Å². The third-order valence-corrected chi connectivity index (χ3v) is 4.03. The van der Waals surface area contributed by atoms with Crippen molar-refractivity contribution in [3.05, 3.63) is 30.3 Å². The minimum absolute atomic E-state index is 0.158. The summed E-state index contributed by atoms with van der Waals surface area (Å²) in [6.45, 7) is 10.2. The topological polar surface area (TPSA) is 32.8 Å². The molecule has 1 saturated heterocycles. The molecule has 0 bridgehead atoms. The van der Waals surface area contributed by atoms with E-state index in [1.165, 1.54) is 0 Å². The molecule has 0 spiro atoms. The lowest BCUT2D eigenvalue weighted by molar-refractivity contribution is -0.129. The van der Waals surface area contributed by atoms with Crippen molar-refractivity contribution in [2.24, 2.45) is 5.92 Å². The van der Waals surface area contributed by atoms with E-state index in [9.17, 15) is 4.79 Å². The van der Waals surface area contributed by atoms with Gasteiger partial charge in [-0.1, -0.05) is 18.2 Å². The molecule has 1 aliphatic rings. The molecule has 0 N–H and O–H groups in total. The smallest absolute Gasteiger partial charge is 0.219 e. The Hall–Kier alpha value is -1.55. The highest BCUT2D eigenvalue weighted by Crippen LogP contribution is 2.15. The average Bonchev–Trinajstić information content (AvgIpc) is 2.69. The Morgan fingerprint density at radius 2 is 1.95 bits per heavy atom. The summed E-state index contributed by atoms with van der Waals surface area (Å²) in [5.41, 5.74) is 0. The number of nitrogens with zero attached hydrogens (tertiary/aromatic N) is 2. The van der Waals surface area contributed by atoms with Gasteiger partial charge in [0.1, 0.15) is 5.75 Å². The molecule has 116 valence electrons. The molecule has 1 atom stereocenters. The zero-order valence-electron chi connectivity index (χ0n) is 13.3. The number of rotatable bonds is 4. The molecule has 1 amide bonds. The third kappa shape index (κ3) is 4.74. The van der Waals surface area contributed by atoms with E-state index in [4.69, 9.17) is 4.74 Å². The summed E-state index contributed by atoms with van der Waals surface area (Å²) in [6.07, 6.45) is 0. The molecule has 1 fully saturated rings. The quantitative estimate of drug-likeness (QED) is 0.852. The summed E-state index contributed by atoms with van der Waals surface area (Å²) in [4.78, 5) is 16.1. The van der Waals surface area contributed by atoms with Crippen molar-refractivity contribution in [2.75, 3.05) is 32.8 Å². The molecule has 4 heteroatoms. The van der Waals surface area contributed by atoms with E-state index >= 15 is 0 Å². The first-order valence-corrected chi connectivity index (χ1v) is 7.73. The summed E-state index contributed by atoms with van der Waals surface area (Å²) in [5, 5.41) is 0. The Bertz CT molecular complexity index is 447. The van der Waals surface area contributed by atoms with Gasteiger partial charge in [-0.15, -0.1) is 0 Å². The van der Waals surface area contributed by atoms with Crippen molar-refractivity contribution in [1.82, 2.24) is 9.80 Å². The van der Waals surface area contributed by atoms with Crippen molar-refractivity contribution in [2.45, 2.75) is 26.8 Å². The Kier molecular flexibility index (Phi) is 5.62. The van der Waals surface area contributed by atoms with Gasteiger partial charge in [0.2, 0.25) is 5.91 Å². The molecule has 0 radical (unpaired) electrons. The molecule has 0 saturated carbocycles. The molecule has 0 aliphatic carbocycles. The Labute approximate surface area is 127 Å². The first-order chi connectivity index (χ1) is 10.1. The summed E-state index contributed by atoms with van der Waals surface area (Å²) in [6, 6.07) is 10.4. The van der Waals surface area contributed by atoms with E-state index in [0.29, 0.717) is 18.6 Å². The lowest BCUT2D eigenvalue weighted by atomic mass is 10.1. The molecule has 1 heterocycles. The van der Waals surface area contributed by atoms with Gasteiger partial charge in [0.25, 0.3) is 0 Å². The summed E-state index contributed by atoms with van der Waals surface area (Å²) >= 11 is 0. The van der Waals surface area contributed by atoms with Gasteiger partial charge in [0, 0.05) is 45.1 Å². The second-order valence-electron chi connectivity index (χ2n) is 6.04. The first-order valence-electron chi connectivity index (χ1n) is 7.73. The minimum Gasteiger partial charge on any atom is -0.493 e. The van der Waals surface area contributed by atoms with Gasteiger partial charge in [-0.2, -0.15) is 0 Å². The maximum atomic E-state index is 11.7. The molecule has 2 rings (SSSR count). The van der Waals surface area contributed by atoms with Crippen molar-refractivity contribution in [1.29, 1.82) is 0 Å². The average molecular weight is 290 g/mol. The second kappa shape index (κ2) is 7.46. The van der Waals surface area contributed by atoms with Crippen LogP contribution in [0.15, 0.2) is 30.3 Å². The van der Waals surface area contributed by atoms with Crippen LogP contribution in [0.4, 0.5) is 0 Å². The number of ether oxygens (including phenoxy) is 1. The van der Waals surface area contributed by atoms with Crippen LogP contribution >= 0.6 is 0 Å². The van der Waals surface area contributed by atoms with E-state index in [1.807, 2.05) is 35.2 Å². The fourth-order valence-electron chi connectivity index (χ4n) is 2.72. The largest absolute Gasteiger partial charge is 0.493 e. The van der Waals surface area contributed by atoms with Crippen LogP contribution < -0.4 is 4.74 Å². The SMILES string of the molecule is CC(=O)N1CCN(C(C)C)C[C@@H](COc2ccccc2)C1. The molecular formula is C17H26N2O2. The zero-order chi connectivity index (χ0) is 15.2. The van der Waals surface area contributed by atoms with Gasteiger partial charge >= 0.3 is 0 Å². The van der Waals surface area contributed by atoms with Crippen molar-refractivity contribution < 1.29 is 9.53 Å². The van der Waals surface area contributed by atoms with Crippen molar-refractivity contribution >= 4 is 5.91 Å². The molecule has 0 unspecified atom stereocenters. The van der Waals surface area contributed by atoms with E-state index in [1.54, 1.807) is 6.92 Å². The number of benzene rings is 1. The van der Waals surface area contributed by atoms with Crippen LogP contribution in [0.1, 0.15) is 20.8 Å². The molecule has 0 aromatic heterocycles. The number of hydrogen-bond donors (Lipinski definition) is 0. The Morgan fingerprint density at radius 1 is 1.24 bits per heavy atom. The third-order valence-electron chi connectivity index (χ3n) is 4.03. The van der Waals surface area contributed by atoms with Crippen LogP contribution in [-0.4, -0.2) is 54.5 Å². The Balaban J connectivity index is 1.98. The van der Waals surface area contributed by atoms with Gasteiger partial charge in [-0.05, 0) is 26.0 Å². The van der Waals surface area contributed by atoms with Gasteiger partial charge in [0.15, 0.2) is 0 Å². The number of para-hydroxylation sites is 1. The van der Waals surface area contributed by atoms with Crippen LogP contribution in [0.5, 0.6) is 5.75 Å². The maximum Gasteiger partial charge on any atom is 0.219 e. The molecular weight excluding hydrogens is 264 g/mol. The fourth-order valence-corrected chi connectivity index (χ4v) is 2.72. The predicted octanol–water partition coefficient (Wildman–Crippen LogP) is 2.25. The highest BCUT2D eigenvalue weighted by atomic mass is 16.5. The number of carbonyl (C=O) groups is 1. The highest BCUT2D eigenvalue weighted by molar-refractivity contribution is 5.73. The van der Waals surface area contributed by atoms with Crippen LogP contribution in [0.2, 0.25) is 0 Å². The summed E-state index contributed by atoms with van der Waals surface area (Å²) in [5.74, 6) is 1.40. The van der Waals surface area contributed by atoms with Crippen molar-refractivity contribution in [3.8, 4) is 5.75 Å². The lowest BCUT2D eigenvalue weighted by Gasteiger charge is -2.27. The van der Waals surface area contributed by atoms with Gasteiger partial charge in [-0.3, -0.25) is 9.69 Å². The number of carbonyl (C=O) groups excluding carboxylic acids is 1. The normalized spacial score (nSPS) is 20.4. The van der Waals surface area contributed by atoms with Crippen LogP contribution in [0, 0.1) is 5.92 Å². The molecule has 1 aromatic carbocycles. The first kappa shape index (κ1) is 15.8. The molecule has 1 aliphatic heterocycles. The van der Waals surface area contributed by atoms with Crippen LogP contribution in [0.3, 0.4) is 0 Å². The zero-order valence-corrected chi connectivity index (χ0v) is 13.3. The predicted molar refractivity (Wildman–Crippen MR) is 84.4 cm³/mol. The van der Waals surface area contributed by atoms with E-state index in [-0.39, 0.29) is 5.91 Å². The number of amides is 1. The van der Waals surface area contributed by atoms with Crippen molar-refractivity contribution in [3.63, 3.8) is 0 Å². The fraction of sp³-hybridized carbons (Fsp3) is 0.588. The van der Waals surface area contributed by atoms with Crippen LogP contribution in [0.25, 0.3) is 0 Å². The highest BCUT2D eigenvalue weighted by Gasteiger charge is 2.25. The monoisotopic (exact) mass is 290 g/mol. The molecule has 1 aromatic rings. The summed E-state index contributed by atoms with van der Waals surface area (Å²) < 4.78 is 5.89. The van der Waals surface area contributed by atoms with E-state index in [2.05, 4.69) is 18.7 Å². The maximum absolute atomic E-state index is 11.7. The molecule has 21 heavy (non-hydrogen) atoms. The molecule has 4 nitrogen and oxygen atoms in total.